The zero-order valence-corrected chi connectivity index (χ0v) is 35.3. The zero-order valence-electron chi connectivity index (χ0n) is 35.3. The van der Waals surface area contributed by atoms with E-state index in [0.717, 1.165) is 34.1 Å². The Kier molecular flexibility index (Phi) is 10.3. The van der Waals surface area contributed by atoms with Crippen molar-refractivity contribution in [2.75, 3.05) is 9.80 Å². The summed E-state index contributed by atoms with van der Waals surface area (Å²) in [6.07, 6.45) is 0. The molecule has 0 aliphatic rings. The number of fused-ring (bicyclic) bond motifs is 2. The number of nitrogens with zero attached hydrogens (tertiary/aromatic N) is 2. The molecule has 0 aliphatic carbocycles. The number of rotatable bonds is 10. The summed E-state index contributed by atoms with van der Waals surface area (Å²) in [6, 6.07) is 96.4. The molecule has 0 aliphatic heterocycles. The first-order valence-corrected chi connectivity index (χ1v) is 21.9. The molecule has 0 heterocycles. The standard InChI is InChI=1S/C62H44N2/c1-7-19-45(20-8-1)51-37-52(46-21-9-2-10-22-46)42-61(41-51)63(57-27-15-5-16-28-57)59-33-31-49-36-56-40-60(34-32-50(56)35-55(49)39-59)64(58-29-17-6-18-30-58)62-43-53(47-23-11-3-12-24-47)38-54(44-62)48-25-13-4-14-26-48/h1-44H. The third kappa shape index (κ3) is 7.81. The lowest BCUT2D eigenvalue weighted by Gasteiger charge is -2.28. The molecule has 11 aromatic carbocycles. The van der Waals surface area contributed by atoms with Crippen molar-refractivity contribution in [1.29, 1.82) is 0 Å². The molecule has 11 rings (SSSR count). The predicted molar refractivity (Wildman–Crippen MR) is 273 cm³/mol. The van der Waals surface area contributed by atoms with Gasteiger partial charge in [-0.1, -0.05) is 170 Å². The van der Waals surface area contributed by atoms with Gasteiger partial charge in [-0.2, -0.15) is 0 Å². The normalized spacial score (nSPS) is 11.1. The SMILES string of the molecule is c1ccc(-c2cc(-c3ccccc3)cc(N(c3ccccc3)c3ccc4cc5cc(N(c6ccccc6)c6cc(-c7ccccc7)cc(-c7ccccc7)c6)ccc5cc4c3)c2)cc1. The van der Waals surface area contributed by atoms with E-state index in [4.69, 9.17) is 0 Å². The van der Waals surface area contributed by atoms with E-state index in [-0.39, 0.29) is 0 Å². The third-order valence-electron chi connectivity index (χ3n) is 12.1. The molecule has 64 heavy (non-hydrogen) atoms. The first-order chi connectivity index (χ1) is 31.7. The molecule has 0 radical (unpaired) electrons. The van der Waals surface area contributed by atoms with Crippen molar-refractivity contribution < 1.29 is 0 Å². The monoisotopic (exact) mass is 816 g/mol. The van der Waals surface area contributed by atoms with E-state index in [0.29, 0.717) is 0 Å². The Morgan fingerprint density at radius 1 is 0.156 bits per heavy atom. The maximum Gasteiger partial charge on any atom is 0.0473 e. The summed E-state index contributed by atoms with van der Waals surface area (Å²) >= 11 is 0. The van der Waals surface area contributed by atoms with Gasteiger partial charge in [-0.05, 0) is 163 Å². The van der Waals surface area contributed by atoms with Gasteiger partial charge in [0.15, 0.2) is 0 Å². The molecule has 0 fully saturated rings. The van der Waals surface area contributed by atoms with Gasteiger partial charge in [0.2, 0.25) is 0 Å². The molecule has 0 saturated carbocycles. The van der Waals surface area contributed by atoms with Crippen molar-refractivity contribution in [2.45, 2.75) is 0 Å². The molecule has 302 valence electrons. The highest BCUT2D eigenvalue weighted by Crippen LogP contribution is 2.43. The van der Waals surface area contributed by atoms with E-state index in [1.807, 2.05) is 0 Å². The maximum absolute atomic E-state index is 2.39. The predicted octanol–water partition coefficient (Wildman–Crippen LogP) is 17.6. The summed E-state index contributed by atoms with van der Waals surface area (Å²) in [6.45, 7) is 0. The lowest BCUT2D eigenvalue weighted by Crippen LogP contribution is -2.10. The van der Waals surface area contributed by atoms with Crippen LogP contribution in [0.5, 0.6) is 0 Å². The smallest absolute Gasteiger partial charge is 0.0473 e. The second-order valence-electron chi connectivity index (χ2n) is 16.3. The highest BCUT2D eigenvalue weighted by molar-refractivity contribution is 6.02. The Morgan fingerprint density at radius 2 is 0.438 bits per heavy atom. The lowest BCUT2D eigenvalue weighted by atomic mass is 9.96. The average molecular weight is 817 g/mol. The van der Waals surface area contributed by atoms with Crippen molar-refractivity contribution in [3.63, 3.8) is 0 Å². The second kappa shape index (κ2) is 17.1. The molecule has 0 spiro atoms. The first kappa shape index (κ1) is 38.5. The van der Waals surface area contributed by atoms with Crippen LogP contribution in [-0.4, -0.2) is 0 Å². The number of benzene rings is 11. The van der Waals surface area contributed by atoms with E-state index >= 15 is 0 Å². The van der Waals surface area contributed by atoms with Crippen LogP contribution in [0.25, 0.3) is 66.1 Å². The van der Waals surface area contributed by atoms with Gasteiger partial charge in [-0.3, -0.25) is 0 Å². The van der Waals surface area contributed by atoms with E-state index < -0.39 is 0 Å². The molecule has 0 saturated heterocycles. The van der Waals surface area contributed by atoms with Crippen molar-refractivity contribution in [3.05, 3.63) is 267 Å². The van der Waals surface area contributed by atoms with Gasteiger partial charge in [0.1, 0.15) is 0 Å². The Balaban J connectivity index is 1.03. The Bertz CT molecular complexity index is 3010. The molecular weight excluding hydrogens is 773 g/mol. The number of anilines is 6. The van der Waals surface area contributed by atoms with Gasteiger partial charge in [-0.15, -0.1) is 0 Å². The Morgan fingerprint density at radius 3 is 0.734 bits per heavy atom. The number of hydrogen-bond donors (Lipinski definition) is 0. The quantitative estimate of drug-likeness (QED) is 0.127. The topological polar surface area (TPSA) is 6.48 Å². The van der Waals surface area contributed by atoms with Crippen LogP contribution in [0, 0.1) is 0 Å². The van der Waals surface area contributed by atoms with Gasteiger partial charge >= 0.3 is 0 Å². The largest absolute Gasteiger partial charge is 0.310 e. The molecule has 0 amide bonds. The van der Waals surface area contributed by atoms with Gasteiger partial charge in [0.05, 0.1) is 0 Å². The summed E-state index contributed by atoms with van der Waals surface area (Å²) in [7, 11) is 0. The van der Waals surface area contributed by atoms with Crippen LogP contribution in [0.2, 0.25) is 0 Å². The van der Waals surface area contributed by atoms with Crippen molar-refractivity contribution in [1.82, 2.24) is 0 Å². The highest BCUT2D eigenvalue weighted by atomic mass is 15.1. The van der Waals surface area contributed by atoms with Crippen molar-refractivity contribution >= 4 is 55.7 Å². The molecule has 0 atom stereocenters. The van der Waals surface area contributed by atoms with Crippen molar-refractivity contribution in [2.24, 2.45) is 0 Å². The van der Waals surface area contributed by atoms with Gasteiger partial charge < -0.3 is 9.80 Å². The molecule has 0 aromatic heterocycles. The van der Waals surface area contributed by atoms with E-state index in [1.165, 1.54) is 66.1 Å². The van der Waals surface area contributed by atoms with Crippen LogP contribution in [-0.2, 0) is 0 Å². The summed E-state index contributed by atoms with van der Waals surface area (Å²) < 4.78 is 0. The average Bonchev–Trinajstić information content (AvgIpc) is 3.37. The van der Waals surface area contributed by atoms with E-state index in [1.54, 1.807) is 0 Å². The summed E-state index contributed by atoms with van der Waals surface area (Å²) in [5.74, 6) is 0. The van der Waals surface area contributed by atoms with Crippen LogP contribution in [0.1, 0.15) is 0 Å². The minimum absolute atomic E-state index is 1.10. The molecule has 2 heteroatoms. The van der Waals surface area contributed by atoms with Crippen LogP contribution >= 0.6 is 0 Å². The number of para-hydroxylation sites is 2. The van der Waals surface area contributed by atoms with Crippen LogP contribution in [0.15, 0.2) is 267 Å². The first-order valence-electron chi connectivity index (χ1n) is 21.9. The summed E-state index contributed by atoms with van der Waals surface area (Å²) in [5.41, 5.74) is 16.0. The van der Waals surface area contributed by atoms with Crippen LogP contribution < -0.4 is 9.80 Å². The Labute approximate surface area is 375 Å². The fourth-order valence-corrected chi connectivity index (χ4v) is 8.97. The Hall–Kier alpha value is -8.46. The fraction of sp³-hybridized carbons (Fsp3) is 0. The van der Waals surface area contributed by atoms with Gasteiger partial charge in [-0.25, -0.2) is 0 Å². The van der Waals surface area contributed by atoms with Crippen LogP contribution in [0.4, 0.5) is 34.1 Å². The van der Waals surface area contributed by atoms with Crippen molar-refractivity contribution in [3.8, 4) is 44.5 Å². The summed E-state index contributed by atoms with van der Waals surface area (Å²) in [5, 5.41) is 4.74. The molecule has 0 bridgehead atoms. The number of hydrogen-bond acceptors (Lipinski definition) is 2. The minimum Gasteiger partial charge on any atom is -0.310 e. The molecular formula is C62H44N2. The zero-order chi connectivity index (χ0) is 42.7. The molecule has 11 aromatic rings. The maximum atomic E-state index is 2.39. The van der Waals surface area contributed by atoms with Crippen LogP contribution in [0.3, 0.4) is 0 Å². The second-order valence-corrected chi connectivity index (χ2v) is 16.3. The van der Waals surface area contributed by atoms with E-state index in [2.05, 4.69) is 277 Å². The molecule has 0 unspecified atom stereocenters. The molecule has 0 N–H and O–H groups in total. The van der Waals surface area contributed by atoms with E-state index in [9.17, 15) is 0 Å². The minimum atomic E-state index is 1.10. The fourth-order valence-electron chi connectivity index (χ4n) is 8.97. The van der Waals surface area contributed by atoms with Gasteiger partial charge in [0.25, 0.3) is 0 Å². The van der Waals surface area contributed by atoms with Gasteiger partial charge in [0, 0.05) is 34.1 Å². The summed E-state index contributed by atoms with van der Waals surface area (Å²) in [4.78, 5) is 4.77. The lowest BCUT2D eigenvalue weighted by molar-refractivity contribution is 1.29. The third-order valence-corrected chi connectivity index (χ3v) is 12.1. The highest BCUT2D eigenvalue weighted by Gasteiger charge is 2.19. The molecule has 2 nitrogen and oxygen atoms in total.